The maximum Gasteiger partial charge on any atom is 0.0772 e. The fourth-order valence-electron chi connectivity index (χ4n) is 1.84. The second kappa shape index (κ2) is 5.87. The number of hydrogen-bond donors (Lipinski definition) is 1. The highest BCUT2D eigenvalue weighted by atomic mass is 79.9. The second-order valence-corrected chi connectivity index (χ2v) is 6.00. The Morgan fingerprint density at radius 3 is 2.72 bits per heavy atom. The number of benzene rings is 1. The Bertz CT molecular complexity index is 511. The lowest BCUT2D eigenvalue weighted by Crippen LogP contribution is -2.16. The molecule has 1 aromatic carbocycles. The van der Waals surface area contributed by atoms with E-state index in [1.807, 2.05) is 12.1 Å². The molecule has 0 spiro atoms. The number of thiophene rings is 1. The molecule has 0 fully saturated rings. The molecule has 1 unspecified atom stereocenters. The van der Waals surface area contributed by atoms with E-state index in [4.69, 9.17) is 0 Å². The molecule has 2 nitrogen and oxygen atoms in total. The predicted molar refractivity (Wildman–Crippen MR) is 81.2 cm³/mol. The van der Waals surface area contributed by atoms with Gasteiger partial charge in [-0.3, -0.25) is 0 Å². The van der Waals surface area contributed by atoms with E-state index < -0.39 is 6.10 Å². The molecular weight excluding hydrogens is 310 g/mol. The molecule has 4 heteroatoms. The van der Waals surface area contributed by atoms with Gasteiger partial charge in [0.25, 0.3) is 0 Å². The van der Waals surface area contributed by atoms with E-state index in [-0.39, 0.29) is 0 Å². The predicted octanol–water partition coefficient (Wildman–Crippen LogP) is 4.20. The molecule has 2 aromatic rings. The summed E-state index contributed by atoms with van der Waals surface area (Å²) in [6.45, 7) is 2.67. The van der Waals surface area contributed by atoms with E-state index >= 15 is 0 Å². The lowest BCUT2D eigenvalue weighted by Gasteiger charge is -2.20. The van der Waals surface area contributed by atoms with Gasteiger partial charge in [0.2, 0.25) is 0 Å². The summed E-state index contributed by atoms with van der Waals surface area (Å²) in [5.74, 6) is 0. The van der Waals surface area contributed by atoms with Crippen LogP contribution in [-0.4, -0.2) is 12.2 Å². The number of aliphatic hydroxyl groups is 1. The molecule has 0 radical (unpaired) electrons. The van der Waals surface area contributed by atoms with Crippen LogP contribution in [0.2, 0.25) is 0 Å². The van der Waals surface area contributed by atoms with Crippen molar-refractivity contribution in [2.45, 2.75) is 19.6 Å². The summed E-state index contributed by atoms with van der Waals surface area (Å²) in [6.07, 6.45) is -0.449. The number of nitrogens with zero attached hydrogens (tertiary/aromatic N) is 1. The molecule has 0 saturated heterocycles. The van der Waals surface area contributed by atoms with Crippen molar-refractivity contribution < 1.29 is 5.11 Å². The van der Waals surface area contributed by atoms with Crippen LogP contribution in [0.1, 0.15) is 24.2 Å². The fraction of sp³-hybridized carbons (Fsp3) is 0.286. The summed E-state index contributed by atoms with van der Waals surface area (Å²) in [5, 5.41) is 13.9. The Hall–Kier alpha value is -0.840. The SMILES string of the molecule is CC(O)c1ccc(N(C)Cc2ccsc2)cc1Br. The molecule has 0 amide bonds. The van der Waals surface area contributed by atoms with Gasteiger partial charge in [-0.15, -0.1) is 0 Å². The van der Waals surface area contributed by atoms with Crippen LogP contribution in [-0.2, 0) is 6.54 Å². The minimum atomic E-state index is -0.449. The van der Waals surface area contributed by atoms with Crippen molar-refractivity contribution in [3.63, 3.8) is 0 Å². The van der Waals surface area contributed by atoms with Crippen LogP contribution in [0.4, 0.5) is 5.69 Å². The Morgan fingerprint density at radius 1 is 1.39 bits per heavy atom. The molecule has 1 N–H and O–H groups in total. The Balaban J connectivity index is 2.16. The monoisotopic (exact) mass is 325 g/mol. The number of halogens is 1. The number of rotatable bonds is 4. The molecule has 1 atom stereocenters. The zero-order valence-electron chi connectivity index (χ0n) is 10.4. The number of anilines is 1. The lowest BCUT2D eigenvalue weighted by molar-refractivity contribution is 0.198. The first kappa shape index (κ1) is 13.6. The second-order valence-electron chi connectivity index (χ2n) is 4.37. The van der Waals surface area contributed by atoms with E-state index in [1.165, 1.54) is 5.56 Å². The van der Waals surface area contributed by atoms with Gasteiger partial charge in [-0.05, 0) is 47.0 Å². The van der Waals surface area contributed by atoms with Crippen LogP contribution in [0, 0.1) is 0 Å². The van der Waals surface area contributed by atoms with Crippen LogP contribution in [0.25, 0.3) is 0 Å². The van der Waals surface area contributed by atoms with E-state index in [2.05, 4.69) is 50.8 Å². The highest BCUT2D eigenvalue weighted by molar-refractivity contribution is 9.10. The Kier molecular flexibility index (Phi) is 4.43. The quantitative estimate of drug-likeness (QED) is 0.910. The Morgan fingerprint density at radius 2 is 2.17 bits per heavy atom. The third kappa shape index (κ3) is 3.13. The van der Waals surface area contributed by atoms with Gasteiger partial charge in [-0.25, -0.2) is 0 Å². The fourth-order valence-corrected chi connectivity index (χ4v) is 3.20. The molecule has 1 heterocycles. The van der Waals surface area contributed by atoms with Crippen LogP contribution >= 0.6 is 27.3 Å². The zero-order chi connectivity index (χ0) is 13.1. The first-order valence-electron chi connectivity index (χ1n) is 5.77. The smallest absolute Gasteiger partial charge is 0.0772 e. The van der Waals surface area contributed by atoms with Crippen LogP contribution in [0.5, 0.6) is 0 Å². The summed E-state index contributed by atoms with van der Waals surface area (Å²) in [7, 11) is 2.07. The summed E-state index contributed by atoms with van der Waals surface area (Å²) in [6, 6.07) is 8.20. The van der Waals surface area contributed by atoms with Crippen molar-refractivity contribution in [1.82, 2.24) is 0 Å². The summed E-state index contributed by atoms with van der Waals surface area (Å²) in [4.78, 5) is 2.19. The molecule has 0 aliphatic rings. The topological polar surface area (TPSA) is 23.5 Å². The van der Waals surface area contributed by atoms with Gasteiger partial charge in [0.15, 0.2) is 0 Å². The van der Waals surface area contributed by atoms with Gasteiger partial charge in [0.1, 0.15) is 0 Å². The summed E-state index contributed by atoms with van der Waals surface area (Å²) >= 11 is 5.23. The van der Waals surface area contributed by atoms with Gasteiger partial charge in [0, 0.05) is 23.8 Å². The molecule has 1 aromatic heterocycles. The van der Waals surface area contributed by atoms with Crippen molar-refractivity contribution in [2.75, 3.05) is 11.9 Å². The third-order valence-electron chi connectivity index (χ3n) is 2.87. The summed E-state index contributed by atoms with van der Waals surface area (Å²) in [5.41, 5.74) is 3.37. The highest BCUT2D eigenvalue weighted by Gasteiger charge is 2.09. The number of aliphatic hydroxyl groups excluding tert-OH is 1. The molecule has 0 saturated carbocycles. The normalized spacial score (nSPS) is 12.4. The first-order valence-corrected chi connectivity index (χ1v) is 7.51. The van der Waals surface area contributed by atoms with Crippen molar-refractivity contribution in [2.24, 2.45) is 0 Å². The van der Waals surface area contributed by atoms with Gasteiger partial charge < -0.3 is 10.0 Å². The van der Waals surface area contributed by atoms with Gasteiger partial charge in [-0.2, -0.15) is 11.3 Å². The molecule has 0 bridgehead atoms. The molecule has 96 valence electrons. The molecular formula is C14H16BrNOS. The van der Waals surface area contributed by atoms with E-state index in [9.17, 15) is 5.11 Å². The molecule has 18 heavy (non-hydrogen) atoms. The van der Waals surface area contributed by atoms with Crippen LogP contribution in [0.15, 0.2) is 39.5 Å². The average Bonchev–Trinajstić information content (AvgIpc) is 2.81. The lowest BCUT2D eigenvalue weighted by atomic mass is 10.1. The highest BCUT2D eigenvalue weighted by Crippen LogP contribution is 2.28. The van der Waals surface area contributed by atoms with Crippen molar-refractivity contribution >= 4 is 33.0 Å². The van der Waals surface area contributed by atoms with Gasteiger partial charge in [-0.1, -0.05) is 22.0 Å². The zero-order valence-corrected chi connectivity index (χ0v) is 12.8. The Labute approximate surface area is 120 Å². The largest absolute Gasteiger partial charge is 0.389 e. The van der Waals surface area contributed by atoms with E-state index in [0.29, 0.717) is 0 Å². The standard InChI is InChI=1S/C14H16BrNOS/c1-10(17)13-4-3-12(7-14(13)15)16(2)8-11-5-6-18-9-11/h3-7,9-10,17H,8H2,1-2H3. The van der Waals surface area contributed by atoms with Crippen LogP contribution < -0.4 is 4.90 Å². The number of hydrogen-bond acceptors (Lipinski definition) is 3. The average molecular weight is 326 g/mol. The van der Waals surface area contributed by atoms with Crippen molar-refractivity contribution in [1.29, 1.82) is 0 Å². The van der Waals surface area contributed by atoms with Crippen molar-refractivity contribution in [3.05, 3.63) is 50.6 Å². The van der Waals surface area contributed by atoms with E-state index in [1.54, 1.807) is 18.3 Å². The first-order chi connectivity index (χ1) is 8.58. The minimum Gasteiger partial charge on any atom is -0.389 e. The molecule has 0 aliphatic carbocycles. The summed E-state index contributed by atoms with van der Waals surface area (Å²) < 4.78 is 0.951. The van der Waals surface area contributed by atoms with E-state index in [0.717, 1.165) is 22.3 Å². The minimum absolute atomic E-state index is 0.449. The van der Waals surface area contributed by atoms with Gasteiger partial charge in [0.05, 0.1) is 6.10 Å². The molecule has 2 rings (SSSR count). The maximum atomic E-state index is 9.60. The van der Waals surface area contributed by atoms with Crippen LogP contribution in [0.3, 0.4) is 0 Å². The maximum absolute atomic E-state index is 9.60. The van der Waals surface area contributed by atoms with Crippen molar-refractivity contribution in [3.8, 4) is 0 Å². The molecule has 0 aliphatic heterocycles. The third-order valence-corrected chi connectivity index (χ3v) is 4.29. The van der Waals surface area contributed by atoms with Gasteiger partial charge >= 0.3 is 0 Å².